The number of benzene rings is 1. The highest BCUT2D eigenvalue weighted by Crippen LogP contribution is 2.44. The van der Waals surface area contributed by atoms with Crippen molar-refractivity contribution in [1.82, 2.24) is 14.6 Å². The molecule has 7 nitrogen and oxygen atoms in total. The van der Waals surface area contributed by atoms with Gasteiger partial charge in [0.2, 0.25) is 5.71 Å². The maximum Gasteiger partial charge on any atom is 0.255 e. The minimum absolute atomic E-state index is 0.156. The molecule has 1 amide bonds. The molecule has 9 heteroatoms. The van der Waals surface area contributed by atoms with Gasteiger partial charge < -0.3 is 14.3 Å². The third-order valence-electron chi connectivity index (χ3n) is 5.92. The van der Waals surface area contributed by atoms with Crippen molar-refractivity contribution in [3.63, 3.8) is 0 Å². The Kier molecular flexibility index (Phi) is 7.21. The van der Waals surface area contributed by atoms with Crippen LogP contribution in [0.3, 0.4) is 0 Å². The molecule has 4 rings (SSSR count). The summed E-state index contributed by atoms with van der Waals surface area (Å²) in [6.45, 7) is 2.65. The Bertz CT molecular complexity index is 1170. The molecule has 0 saturated heterocycles. The Balaban J connectivity index is 1.81. The van der Waals surface area contributed by atoms with Gasteiger partial charge in [-0.1, -0.05) is 19.8 Å². The summed E-state index contributed by atoms with van der Waals surface area (Å²) < 4.78 is 44.6. The van der Waals surface area contributed by atoms with E-state index in [4.69, 9.17) is 9.40 Å². The summed E-state index contributed by atoms with van der Waals surface area (Å²) in [6, 6.07) is 7.63. The SMILES string of the molecule is CCCCCN(Cc1nc2oc(-c3ccc(F)cc3)c(C(=O)NC)c2cc1C1CC1)S(=O)[O-]. The molecule has 1 saturated carbocycles. The molecule has 0 spiro atoms. The van der Waals surface area contributed by atoms with E-state index in [1.807, 2.05) is 6.07 Å². The first-order valence-electron chi connectivity index (χ1n) is 11.2. The topological polar surface area (TPSA) is 98.5 Å². The fraction of sp³-hybridized carbons (Fsp3) is 0.417. The van der Waals surface area contributed by atoms with Crippen LogP contribution in [0, 0.1) is 5.82 Å². The number of furan rings is 1. The Morgan fingerprint density at radius 1 is 1.30 bits per heavy atom. The van der Waals surface area contributed by atoms with Gasteiger partial charge >= 0.3 is 0 Å². The van der Waals surface area contributed by atoms with Crippen molar-refractivity contribution >= 4 is 28.3 Å². The number of aromatic nitrogens is 1. The van der Waals surface area contributed by atoms with Gasteiger partial charge in [-0.25, -0.2) is 13.7 Å². The molecule has 176 valence electrons. The van der Waals surface area contributed by atoms with Gasteiger partial charge in [-0.2, -0.15) is 0 Å². The largest absolute Gasteiger partial charge is 0.760 e. The summed E-state index contributed by atoms with van der Waals surface area (Å²) in [5.41, 5.74) is 2.76. The summed E-state index contributed by atoms with van der Waals surface area (Å²) in [7, 11) is 1.54. The van der Waals surface area contributed by atoms with Crippen LogP contribution in [0.4, 0.5) is 4.39 Å². The van der Waals surface area contributed by atoms with Gasteiger partial charge in [-0.3, -0.25) is 9.00 Å². The van der Waals surface area contributed by atoms with Crippen LogP contribution >= 0.6 is 0 Å². The molecule has 1 aromatic carbocycles. The molecule has 0 bridgehead atoms. The van der Waals surface area contributed by atoms with Crippen molar-refractivity contribution in [2.45, 2.75) is 51.5 Å². The third-order valence-corrected chi connectivity index (χ3v) is 6.65. The molecular formula is C24H27FN3O4S-. The first-order valence-corrected chi connectivity index (χ1v) is 12.2. The number of pyridine rings is 1. The van der Waals surface area contributed by atoms with E-state index < -0.39 is 11.3 Å². The van der Waals surface area contributed by atoms with Crippen LogP contribution in [-0.2, 0) is 17.8 Å². The average molecular weight is 473 g/mol. The summed E-state index contributed by atoms with van der Waals surface area (Å²) in [6.07, 6.45) is 4.72. The molecule has 1 aliphatic carbocycles. The van der Waals surface area contributed by atoms with Crippen molar-refractivity contribution in [3.8, 4) is 11.3 Å². The molecule has 1 fully saturated rings. The smallest absolute Gasteiger partial charge is 0.255 e. The molecule has 1 N–H and O–H groups in total. The number of nitrogens with zero attached hydrogens (tertiary/aromatic N) is 2. The lowest BCUT2D eigenvalue weighted by Crippen LogP contribution is -2.27. The average Bonchev–Trinajstić information content (AvgIpc) is 3.58. The summed E-state index contributed by atoms with van der Waals surface area (Å²) in [5.74, 6) is -0.119. The number of rotatable bonds is 10. The second kappa shape index (κ2) is 10.1. The fourth-order valence-electron chi connectivity index (χ4n) is 4.02. The molecule has 1 aliphatic rings. The van der Waals surface area contributed by atoms with Gasteiger partial charge in [0.1, 0.15) is 11.6 Å². The van der Waals surface area contributed by atoms with Crippen LogP contribution in [0.2, 0.25) is 0 Å². The van der Waals surface area contributed by atoms with Crippen molar-refractivity contribution in [2.75, 3.05) is 13.6 Å². The minimum Gasteiger partial charge on any atom is -0.760 e. The van der Waals surface area contributed by atoms with Gasteiger partial charge in [0, 0.05) is 30.4 Å². The summed E-state index contributed by atoms with van der Waals surface area (Å²) in [4.78, 5) is 17.5. The van der Waals surface area contributed by atoms with Crippen LogP contribution < -0.4 is 5.32 Å². The number of hydrogen-bond donors (Lipinski definition) is 1. The number of halogens is 1. The Labute approximate surface area is 194 Å². The lowest BCUT2D eigenvalue weighted by molar-refractivity contribution is 0.0964. The van der Waals surface area contributed by atoms with E-state index in [0.29, 0.717) is 34.5 Å². The first-order chi connectivity index (χ1) is 15.9. The van der Waals surface area contributed by atoms with Crippen LogP contribution in [0.1, 0.15) is 66.6 Å². The highest BCUT2D eigenvalue weighted by molar-refractivity contribution is 7.76. The second-order valence-electron chi connectivity index (χ2n) is 8.33. The lowest BCUT2D eigenvalue weighted by atomic mass is 10.0. The van der Waals surface area contributed by atoms with Crippen LogP contribution in [0.5, 0.6) is 0 Å². The number of carbonyl (C=O) groups excluding carboxylic acids is 1. The maximum atomic E-state index is 13.5. The first kappa shape index (κ1) is 23.5. The van der Waals surface area contributed by atoms with E-state index in [1.165, 1.54) is 23.5 Å². The van der Waals surface area contributed by atoms with Crippen molar-refractivity contribution in [3.05, 3.63) is 53.0 Å². The van der Waals surface area contributed by atoms with E-state index in [9.17, 15) is 17.9 Å². The van der Waals surface area contributed by atoms with E-state index in [1.54, 1.807) is 12.1 Å². The second-order valence-corrected chi connectivity index (χ2v) is 9.28. The van der Waals surface area contributed by atoms with E-state index in [-0.39, 0.29) is 29.9 Å². The lowest BCUT2D eigenvalue weighted by Gasteiger charge is -2.24. The van der Waals surface area contributed by atoms with E-state index in [0.717, 1.165) is 37.7 Å². The third kappa shape index (κ3) is 5.15. The zero-order valence-corrected chi connectivity index (χ0v) is 19.5. The van der Waals surface area contributed by atoms with Crippen LogP contribution in [0.15, 0.2) is 34.7 Å². The fourth-order valence-corrected chi connectivity index (χ4v) is 4.52. The van der Waals surface area contributed by atoms with Crippen LogP contribution in [0.25, 0.3) is 22.4 Å². The molecule has 0 aliphatic heterocycles. The molecule has 2 aromatic heterocycles. The molecule has 2 heterocycles. The maximum absolute atomic E-state index is 13.5. The highest BCUT2D eigenvalue weighted by atomic mass is 32.2. The quantitative estimate of drug-likeness (QED) is 0.342. The minimum atomic E-state index is -2.37. The molecule has 33 heavy (non-hydrogen) atoms. The predicted molar refractivity (Wildman–Crippen MR) is 124 cm³/mol. The zero-order valence-electron chi connectivity index (χ0n) is 18.7. The monoisotopic (exact) mass is 472 g/mol. The molecule has 1 atom stereocenters. The molecule has 1 unspecified atom stereocenters. The molecule has 3 aromatic rings. The number of unbranched alkanes of at least 4 members (excludes halogenated alkanes) is 2. The number of carbonyl (C=O) groups is 1. The molecule has 0 radical (unpaired) electrons. The Hall–Kier alpha value is -2.62. The van der Waals surface area contributed by atoms with E-state index >= 15 is 0 Å². The standard InChI is InChI=1S/C24H28FN3O4S/c1-3-4-5-12-28(33(30)31)14-20-18(15-6-7-15)13-19-21(23(29)26-2)22(32-24(19)27-20)16-8-10-17(25)11-9-16/h8-11,13,15H,3-7,12,14H2,1-2H3,(H,26,29)(H,30,31)/p-1. The van der Waals surface area contributed by atoms with E-state index in [2.05, 4.69) is 12.2 Å². The summed E-state index contributed by atoms with van der Waals surface area (Å²) in [5, 5.41) is 3.21. The number of amides is 1. The van der Waals surface area contributed by atoms with Gasteiger partial charge in [0.25, 0.3) is 5.91 Å². The van der Waals surface area contributed by atoms with Gasteiger partial charge in [0.15, 0.2) is 0 Å². The van der Waals surface area contributed by atoms with Crippen molar-refractivity contribution in [1.29, 1.82) is 0 Å². The van der Waals surface area contributed by atoms with Gasteiger partial charge in [-0.05, 0) is 61.1 Å². The number of fused-ring (bicyclic) bond motifs is 1. The van der Waals surface area contributed by atoms with Gasteiger partial charge in [0.05, 0.1) is 23.2 Å². The summed E-state index contributed by atoms with van der Waals surface area (Å²) >= 11 is -2.37. The van der Waals surface area contributed by atoms with Crippen molar-refractivity contribution < 1.29 is 22.4 Å². The number of nitrogens with one attached hydrogen (secondary N) is 1. The predicted octanol–water partition coefficient (Wildman–Crippen LogP) is 4.66. The Morgan fingerprint density at radius 3 is 2.64 bits per heavy atom. The van der Waals surface area contributed by atoms with Crippen LogP contribution in [-0.4, -0.2) is 37.6 Å². The van der Waals surface area contributed by atoms with Crippen molar-refractivity contribution in [2.24, 2.45) is 0 Å². The normalized spacial score (nSPS) is 14.7. The number of hydrogen-bond acceptors (Lipinski definition) is 5. The molecular weight excluding hydrogens is 445 g/mol. The van der Waals surface area contributed by atoms with Gasteiger partial charge in [-0.15, -0.1) is 0 Å². The zero-order chi connectivity index (χ0) is 23.5. The highest BCUT2D eigenvalue weighted by Gasteiger charge is 2.31. The Morgan fingerprint density at radius 2 is 2.03 bits per heavy atom.